The standard InChI is InChI=1S/C26H27N11O7S2/c1-36-26(33-34-35-36)46-10-12-9-45-22-17(21(41)37(22)18(12)23(42)43)30-20(40)16(11-2-6-14(38)7-3-11)31-25(44)29-15-8-27-24(32-19(15)39)28-13-4-5-13/h2-3,6-8,13,16-17,22,38H,4-5,9-10H2,1H3,(H,30,40)(H,42,43)(H2,29,31,44)(H2,27,28,32,39)/t16-,17?,22-/m1/s1. The number of hydrogen-bond donors (Lipinski definition) is 7. The minimum absolute atomic E-state index is 0.0781. The predicted octanol–water partition coefficient (Wildman–Crippen LogP) is -0.0330. The van der Waals surface area contributed by atoms with E-state index < -0.39 is 46.8 Å². The second-order valence-corrected chi connectivity index (χ2v) is 12.6. The Balaban J connectivity index is 1.15. The van der Waals surface area contributed by atoms with E-state index in [1.807, 2.05) is 0 Å². The molecule has 240 valence electrons. The van der Waals surface area contributed by atoms with Crippen molar-refractivity contribution in [1.29, 1.82) is 0 Å². The first-order chi connectivity index (χ1) is 22.1. The molecule has 7 N–H and O–H groups in total. The van der Waals surface area contributed by atoms with Crippen LogP contribution in [0, 0.1) is 0 Å². The molecule has 4 amide bonds. The number of aromatic hydroxyl groups is 1. The number of aryl methyl sites for hydroxylation is 1. The first-order valence-electron chi connectivity index (χ1n) is 13.9. The van der Waals surface area contributed by atoms with Crippen molar-refractivity contribution in [1.82, 2.24) is 45.7 Å². The molecule has 18 nitrogen and oxygen atoms in total. The number of aromatic nitrogens is 6. The monoisotopic (exact) mass is 669 g/mol. The van der Waals surface area contributed by atoms with E-state index in [-0.39, 0.29) is 46.2 Å². The van der Waals surface area contributed by atoms with Gasteiger partial charge in [-0.25, -0.2) is 19.3 Å². The topological polar surface area (TPSA) is 249 Å². The maximum absolute atomic E-state index is 13.6. The molecule has 6 rings (SSSR count). The largest absolute Gasteiger partial charge is 0.508 e. The highest BCUT2D eigenvalue weighted by Crippen LogP contribution is 2.41. The molecule has 0 radical (unpaired) electrons. The van der Waals surface area contributed by atoms with Crippen LogP contribution in [0.25, 0.3) is 0 Å². The fourth-order valence-electron chi connectivity index (χ4n) is 4.76. The summed E-state index contributed by atoms with van der Waals surface area (Å²) in [4.78, 5) is 72.3. The maximum atomic E-state index is 13.6. The summed E-state index contributed by atoms with van der Waals surface area (Å²) in [6.45, 7) is 0. The average Bonchev–Trinajstić information content (AvgIpc) is 3.75. The number of carbonyl (C=O) groups excluding carboxylic acids is 3. The summed E-state index contributed by atoms with van der Waals surface area (Å²) in [6, 6.07) is 2.38. The summed E-state index contributed by atoms with van der Waals surface area (Å²) in [7, 11) is 1.65. The number of nitrogens with one attached hydrogen (secondary N) is 5. The normalized spacial score (nSPS) is 19.5. The van der Waals surface area contributed by atoms with Crippen molar-refractivity contribution >= 4 is 59.0 Å². The number of tetrazole rings is 1. The van der Waals surface area contributed by atoms with E-state index in [1.54, 1.807) is 7.05 Å². The summed E-state index contributed by atoms with van der Waals surface area (Å²) >= 11 is 2.52. The Morgan fingerprint density at radius 2 is 1.96 bits per heavy atom. The number of carboxylic acid groups (broad SMARTS) is 1. The van der Waals surface area contributed by atoms with E-state index in [2.05, 4.69) is 46.8 Å². The smallest absolute Gasteiger partial charge is 0.352 e. The fraction of sp³-hybridized carbons (Fsp3) is 0.346. The number of benzene rings is 1. The number of amides is 4. The molecule has 2 aliphatic heterocycles. The van der Waals surface area contributed by atoms with Crippen molar-refractivity contribution in [2.45, 2.75) is 41.5 Å². The van der Waals surface area contributed by atoms with Crippen LogP contribution < -0.4 is 26.8 Å². The van der Waals surface area contributed by atoms with Gasteiger partial charge in [-0.1, -0.05) is 23.9 Å². The number of urea groups is 1. The number of hydrogen-bond acceptors (Lipinski definition) is 13. The number of carbonyl (C=O) groups is 4. The van der Waals surface area contributed by atoms with Crippen molar-refractivity contribution in [3.05, 3.63) is 57.6 Å². The lowest BCUT2D eigenvalue weighted by Crippen LogP contribution is -2.71. The van der Waals surface area contributed by atoms with Crippen LogP contribution in [0.1, 0.15) is 24.4 Å². The van der Waals surface area contributed by atoms with Gasteiger partial charge in [0.2, 0.25) is 17.0 Å². The quantitative estimate of drug-likeness (QED) is 0.105. The number of anilines is 2. The molecule has 1 saturated heterocycles. The number of aliphatic carboxylic acids is 1. The third kappa shape index (κ3) is 6.47. The number of carboxylic acids is 1. The van der Waals surface area contributed by atoms with Gasteiger partial charge in [0.15, 0.2) is 0 Å². The molecular formula is C26H27N11O7S2. The molecule has 2 fully saturated rings. The van der Waals surface area contributed by atoms with E-state index in [0.717, 1.165) is 17.7 Å². The van der Waals surface area contributed by atoms with Crippen molar-refractivity contribution in [3.63, 3.8) is 0 Å². The van der Waals surface area contributed by atoms with Gasteiger partial charge in [-0.3, -0.25) is 24.3 Å². The molecule has 0 bridgehead atoms. The van der Waals surface area contributed by atoms with Gasteiger partial charge in [0, 0.05) is 24.6 Å². The van der Waals surface area contributed by atoms with E-state index in [0.29, 0.717) is 10.7 Å². The Hall–Kier alpha value is -5.11. The van der Waals surface area contributed by atoms with Crippen LogP contribution in [0.2, 0.25) is 0 Å². The van der Waals surface area contributed by atoms with Crippen LogP contribution >= 0.6 is 23.5 Å². The Morgan fingerprint density at radius 1 is 1.20 bits per heavy atom. The third-order valence-electron chi connectivity index (χ3n) is 7.23. The number of rotatable bonds is 11. The van der Waals surface area contributed by atoms with Crippen LogP contribution in [-0.2, 0) is 21.4 Å². The third-order valence-corrected chi connectivity index (χ3v) is 9.67. The lowest BCUT2D eigenvalue weighted by Gasteiger charge is -2.49. The van der Waals surface area contributed by atoms with Gasteiger partial charge in [0.1, 0.15) is 34.6 Å². The second-order valence-electron chi connectivity index (χ2n) is 10.5. The first-order valence-corrected chi connectivity index (χ1v) is 15.9. The van der Waals surface area contributed by atoms with Gasteiger partial charge < -0.3 is 31.5 Å². The summed E-state index contributed by atoms with van der Waals surface area (Å²) in [5.74, 6) is -1.97. The van der Waals surface area contributed by atoms with Crippen molar-refractivity contribution in [2.75, 3.05) is 22.1 Å². The molecule has 3 atom stereocenters. The first kappa shape index (κ1) is 30.9. The van der Waals surface area contributed by atoms with Crippen LogP contribution in [0.4, 0.5) is 16.4 Å². The van der Waals surface area contributed by atoms with Crippen molar-refractivity contribution in [3.8, 4) is 5.75 Å². The zero-order chi connectivity index (χ0) is 32.5. The highest BCUT2D eigenvalue weighted by Gasteiger charge is 2.54. The molecule has 2 aromatic heterocycles. The molecule has 3 aromatic rings. The number of phenolic OH excluding ortho intramolecular Hbond substituents is 1. The predicted molar refractivity (Wildman–Crippen MR) is 164 cm³/mol. The van der Waals surface area contributed by atoms with Crippen LogP contribution in [-0.4, -0.2) is 98.1 Å². The molecule has 3 aliphatic rings. The van der Waals surface area contributed by atoms with Gasteiger partial charge in [-0.05, 0) is 46.5 Å². The fourth-order valence-corrected chi connectivity index (χ4v) is 7.10. The molecule has 1 aromatic carbocycles. The highest BCUT2D eigenvalue weighted by atomic mass is 32.2. The number of fused-ring (bicyclic) bond motifs is 1. The van der Waals surface area contributed by atoms with Gasteiger partial charge >= 0.3 is 12.0 Å². The van der Waals surface area contributed by atoms with Gasteiger partial charge in [-0.15, -0.1) is 16.9 Å². The van der Waals surface area contributed by atoms with E-state index >= 15 is 0 Å². The van der Waals surface area contributed by atoms with Crippen LogP contribution in [0.3, 0.4) is 0 Å². The lowest BCUT2D eigenvalue weighted by molar-refractivity contribution is -0.150. The Labute approximate surface area is 267 Å². The molecule has 1 unspecified atom stereocenters. The van der Waals surface area contributed by atoms with Crippen LogP contribution in [0.15, 0.2) is 51.7 Å². The highest BCUT2D eigenvalue weighted by molar-refractivity contribution is 8.01. The minimum Gasteiger partial charge on any atom is -0.508 e. The molecule has 4 heterocycles. The van der Waals surface area contributed by atoms with E-state index in [4.69, 9.17) is 0 Å². The molecular weight excluding hydrogens is 642 g/mol. The Morgan fingerprint density at radius 3 is 2.61 bits per heavy atom. The summed E-state index contributed by atoms with van der Waals surface area (Å²) < 4.78 is 1.45. The number of thioether (sulfide) groups is 2. The SMILES string of the molecule is Cn1nnnc1SCC1=C(C(=O)O)N2C(=O)C(NC(=O)[C@H](NC(=O)Nc3cnc(NC4CC4)[nH]c3=O)c3ccc(O)cc3)[C@H]2SC1. The molecule has 46 heavy (non-hydrogen) atoms. The van der Waals surface area contributed by atoms with Crippen molar-refractivity contribution < 1.29 is 29.4 Å². The number of aromatic amines is 1. The Bertz CT molecular complexity index is 1790. The summed E-state index contributed by atoms with van der Waals surface area (Å²) in [5.41, 5.74) is -0.163. The molecule has 20 heteroatoms. The van der Waals surface area contributed by atoms with Crippen molar-refractivity contribution in [2.24, 2.45) is 7.05 Å². The number of phenols is 1. The maximum Gasteiger partial charge on any atom is 0.352 e. The van der Waals surface area contributed by atoms with Crippen LogP contribution in [0.5, 0.6) is 5.75 Å². The minimum atomic E-state index is -1.36. The number of nitrogens with zero attached hydrogens (tertiary/aromatic N) is 6. The zero-order valence-corrected chi connectivity index (χ0v) is 25.6. The van der Waals surface area contributed by atoms with Gasteiger partial charge in [0.25, 0.3) is 11.5 Å². The van der Waals surface area contributed by atoms with Gasteiger partial charge in [-0.2, -0.15) is 0 Å². The summed E-state index contributed by atoms with van der Waals surface area (Å²) in [6.07, 6.45) is 3.12. The zero-order valence-electron chi connectivity index (χ0n) is 24.0. The van der Waals surface area contributed by atoms with E-state index in [1.165, 1.54) is 58.7 Å². The van der Waals surface area contributed by atoms with Gasteiger partial charge in [0.05, 0.1) is 6.20 Å². The van der Waals surface area contributed by atoms with E-state index in [9.17, 15) is 34.2 Å². The second kappa shape index (κ2) is 12.7. The Kier molecular flexibility index (Phi) is 8.54. The number of H-pyrrole nitrogens is 1. The average molecular weight is 670 g/mol. The lowest BCUT2D eigenvalue weighted by atomic mass is 10.0. The molecule has 1 aliphatic carbocycles. The molecule has 1 saturated carbocycles. The number of β-lactam (4-membered cyclic amide) rings is 1. The molecule has 0 spiro atoms. The summed E-state index contributed by atoms with van der Waals surface area (Å²) in [5, 5.41) is 41.2.